The van der Waals surface area contributed by atoms with Gasteiger partial charge in [-0.2, -0.15) is 0 Å². The standard InChI is InChI=1S/C13H22N2/c1-10-5-7-13-8-6-12(4-3-9-14)11(2)15(10)13/h6,8,10,12-13H,2-5,7,9,14H2,1H3/t10-,12+,13+/m1/s1. The van der Waals surface area contributed by atoms with Crippen molar-refractivity contribution in [3.63, 3.8) is 0 Å². The highest BCUT2D eigenvalue weighted by atomic mass is 15.2. The molecule has 0 aromatic rings. The van der Waals surface area contributed by atoms with Crippen molar-refractivity contribution in [2.45, 2.75) is 44.7 Å². The Balaban J connectivity index is 2.06. The maximum absolute atomic E-state index is 5.56. The van der Waals surface area contributed by atoms with E-state index in [9.17, 15) is 0 Å². The molecule has 1 fully saturated rings. The lowest BCUT2D eigenvalue weighted by molar-refractivity contribution is 0.257. The zero-order chi connectivity index (χ0) is 10.8. The van der Waals surface area contributed by atoms with E-state index in [1.807, 2.05) is 0 Å². The third kappa shape index (κ3) is 1.96. The highest BCUT2D eigenvalue weighted by molar-refractivity contribution is 5.21. The van der Waals surface area contributed by atoms with Crippen LogP contribution in [0, 0.1) is 5.92 Å². The summed E-state index contributed by atoms with van der Waals surface area (Å²) in [6, 6.07) is 1.30. The van der Waals surface area contributed by atoms with Gasteiger partial charge >= 0.3 is 0 Å². The fourth-order valence-electron chi connectivity index (χ4n) is 2.87. The Labute approximate surface area is 92.8 Å². The van der Waals surface area contributed by atoms with E-state index in [0.717, 1.165) is 19.4 Å². The third-order valence-electron chi connectivity index (χ3n) is 3.76. The lowest BCUT2D eigenvalue weighted by atomic mass is 9.93. The molecule has 0 saturated carbocycles. The smallest absolute Gasteiger partial charge is 0.0474 e. The number of nitrogens with two attached hydrogens (primary N) is 1. The van der Waals surface area contributed by atoms with E-state index in [2.05, 4.69) is 30.6 Å². The maximum Gasteiger partial charge on any atom is 0.0474 e. The van der Waals surface area contributed by atoms with Crippen molar-refractivity contribution < 1.29 is 0 Å². The molecule has 2 rings (SSSR count). The summed E-state index contributed by atoms with van der Waals surface area (Å²) in [4.78, 5) is 2.52. The van der Waals surface area contributed by atoms with Crippen LogP contribution in [0.15, 0.2) is 24.4 Å². The van der Waals surface area contributed by atoms with Crippen molar-refractivity contribution in [2.24, 2.45) is 11.7 Å². The molecule has 2 nitrogen and oxygen atoms in total. The molecular formula is C13H22N2. The topological polar surface area (TPSA) is 29.3 Å². The van der Waals surface area contributed by atoms with Gasteiger partial charge in [-0.05, 0) is 39.2 Å². The first kappa shape index (κ1) is 10.7. The van der Waals surface area contributed by atoms with Gasteiger partial charge < -0.3 is 10.6 Å². The Morgan fingerprint density at radius 3 is 3.00 bits per heavy atom. The van der Waals surface area contributed by atoms with Gasteiger partial charge in [0.1, 0.15) is 0 Å². The molecule has 0 amide bonds. The SMILES string of the molecule is C=C1[C@@H](CCCN)C=C[C@@H]2CC[C@@H](C)N12. The summed E-state index contributed by atoms with van der Waals surface area (Å²) in [5, 5.41) is 0. The number of hydrogen-bond acceptors (Lipinski definition) is 2. The van der Waals surface area contributed by atoms with E-state index in [4.69, 9.17) is 5.73 Å². The monoisotopic (exact) mass is 206 g/mol. The predicted octanol–water partition coefficient (Wildman–Crippen LogP) is 2.28. The predicted molar refractivity (Wildman–Crippen MR) is 64.4 cm³/mol. The molecule has 15 heavy (non-hydrogen) atoms. The summed E-state index contributed by atoms with van der Waals surface area (Å²) >= 11 is 0. The Bertz CT molecular complexity index is 270. The van der Waals surface area contributed by atoms with Crippen LogP contribution in [0.5, 0.6) is 0 Å². The lowest BCUT2D eigenvalue weighted by Crippen LogP contribution is -2.37. The third-order valence-corrected chi connectivity index (χ3v) is 3.76. The molecule has 0 unspecified atom stereocenters. The zero-order valence-corrected chi connectivity index (χ0v) is 9.65. The van der Waals surface area contributed by atoms with Crippen LogP contribution in [-0.2, 0) is 0 Å². The first-order valence-electron chi connectivity index (χ1n) is 6.09. The van der Waals surface area contributed by atoms with Crippen molar-refractivity contribution in [3.8, 4) is 0 Å². The molecule has 84 valence electrons. The molecule has 1 saturated heterocycles. The molecular weight excluding hydrogens is 184 g/mol. The number of rotatable bonds is 3. The lowest BCUT2D eigenvalue weighted by Gasteiger charge is -2.37. The fourth-order valence-corrected chi connectivity index (χ4v) is 2.87. The van der Waals surface area contributed by atoms with Crippen LogP contribution in [0.4, 0.5) is 0 Å². The summed E-state index contributed by atoms with van der Waals surface area (Å²) < 4.78 is 0. The highest BCUT2D eigenvalue weighted by Gasteiger charge is 2.34. The van der Waals surface area contributed by atoms with Gasteiger partial charge in [-0.3, -0.25) is 0 Å². The first-order valence-corrected chi connectivity index (χ1v) is 6.09. The van der Waals surface area contributed by atoms with E-state index in [1.165, 1.54) is 18.5 Å². The van der Waals surface area contributed by atoms with E-state index < -0.39 is 0 Å². The average molecular weight is 206 g/mol. The first-order chi connectivity index (χ1) is 7.24. The van der Waals surface area contributed by atoms with Crippen LogP contribution in [0.3, 0.4) is 0 Å². The largest absolute Gasteiger partial charge is 0.366 e. The summed E-state index contributed by atoms with van der Waals surface area (Å²) in [5.41, 5.74) is 6.88. The van der Waals surface area contributed by atoms with Crippen molar-refractivity contribution in [2.75, 3.05) is 6.54 Å². The van der Waals surface area contributed by atoms with Crippen LogP contribution in [0.2, 0.25) is 0 Å². The van der Waals surface area contributed by atoms with E-state index in [0.29, 0.717) is 18.0 Å². The number of hydrogen-bond donors (Lipinski definition) is 1. The van der Waals surface area contributed by atoms with Crippen LogP contribution in [-0.4, -0.2) is 23.5 Å². The van der Waals surface area contributed by atoms with Gasteiger partial charge in [0.05, 0.1) is 0 Å². The Hall–Kier alpha value is -0.760. The maximum atomic E-state index is 5.56. The Morgan fingerprint density at radius 1 is 1.47 bits per heavy atom. The number of fused-ring (bicyclic) bond motifs is 1. The van der Waals surface area contributed by atoms with Crippen molar-refractivity contribution in [1.29, 1.82) is 0 Å². The minimum absolute atomic E-state index is 0.533. The van der Waals surface area contributed by atoms with Gasteiger partial charge in [0.15, 0.2) is 0 Å². The van der Waals surface area contributed by atoms with E-state index >= 15 is 0 Å². The van der Waals surface area contributed by atoms with Crippen molar-refractivity contribution in [1.82, 2.24) is 4.90 Å². The van der Waals surface area contributed by atoms with E-state index in [-0.39, 0.29) is 0 Å². The van der Waals surface area contributed by atoms with Crippen LogP contribution < -0.4 is 5.73 Å². The zero-order valence-electron chi connectivity index (χ0n) is 9.65. The molecule has 0 radical (unpaired) electrons. The summed E-state index contributed by atoms with van der Waals surface area (Å²) in [6.07, 6.45) is 9.57. The van der Waals surface area contributed by atoms with Gasteiger partial charge in [0.25, 0.3) is 0 Å². The average Bonchev–Trinajstić information content (AvgIpc) is 2.60. The molecule has 0 aliphatic carbocycles. The van der Waals surface area contributed by atoms with Crippen LogP contribution in [0.1, 0.15) is 32.6 Å². The molecule has 2 aliphatic heterocycles. The second-order valence-electron chi connectivity index (χ2n) is 4.81. The summed E-state index contributed by atoms with van der Waals surface area (Å²) in [6.45, 7) is 7.37. The fraction of sp³-hybridized carbons (Fsp3) is 0.692. The van der Waals surface area contributed by atoms with Gasteiger partial charge in [-0.15, -0.1) is 0 Å². The Kier molecular flexibility index (Phi) is 3.15. The molecule has 0 aromatic heterocycles. The minimum atomic E-state index is 0.533. The second kappa shape index (κ2) is 4.40. The van der Waals surface area contributed by atoms with Crippen LogP contribution >= 0.6 is 0 Å². The molecule has 0 aromatic carbocycles. The molecule has 0 spiro atoms. The van der Waals surface area contributed by atoms with Gasteiger partial charge in [0.2, 0.25) is 0 Å². The molecule has 0 bridgehead atoms. The van der Waals surface area contributed by atoms with Gasteiger partial charge in [-0.25, -0.2) is 0 Å². The van der Waals surface area contributed by atoms with Gasteiger partial charge in [-0.1, -0.05) is 18.7 Å². The quantitative estimate of drug-likeness (QED) is 0.718. The molecule has 2 aliphatic rings. The number of allylic oxidation sites excluding steroid dienone is 1. The van der Waals surface area contributed by atoms with Crippen molar-refractivity contribution in [3.05, 3.63) is 24.4 Å². The van der Waals surface area contributed by atoms with Gasteiger partial charge in [0, 0.05) is 23.7 Å². The molecule has 2 heterocycles. The van der Waals surface area contributed by atoms with Crippen molar-refractivity contribution >= 4 is 0 Å². The molecule has 2 N–H and O–H groups in total. The minimum Gasteiger partial charge on any atom is -0.366 e. The number of nitrogens with zero attached hydrogens (tertiary/aromatic N) is 1. The second-order valence-corrected chi connectivity index (χ2v) is 4.81. The molecule has 2 heteroatoms. The van der Waals surface area contributed by atoms with E-state index in [1.54, 1.807) is 0 Å². The Morgan fingerprint density at radius 2 is 2.27 bits per heavy atom. The summed E-state index contributed by atoms with van der Waals surface area (Å²) in [5.74, 6) is 0.533. The highest BCUT2D eigenvalue weighted by Crippen LogP contribution is 2.36. The summed E-state index contributed by atoms with van der Waals surface area (Å²) in [7, 11) is 0. The normalized spacial score (nSPS) is 34.7. The molecule has 3 atom stereocenters. The van der Waals surface area contributed by atoms with Crippen LogP contribution in [0.25, 0.3) is 0 Å².